The minimum absolute atomic E-state index is 0.0464. The van der Waals surface area contributed by atoms with Crippen molar-refractivity contribution in [3.63, 3.8) is 0 Å². The molecule has 2 aromatic carbocycles. The van der Waals surface area contributed by atoms with E-state index in [2.05, 4.69) is 29.7 Å². The molecule has 1 amide bonds. The minimum atomic E-state index is -0.470. The van der Waals surface area contributed by atoms with Gasteiger partial charge < -0.3 is 19.1 Å². The molecule has 0 bridgehead atoms. The van der Waals surface area contributed by atoms with E-state index in [-0.39, 0.29) is 12.0 Å². The van der Waals surface area contributed by atoms with Crippen molar-refractivity contribution in [2.45, 2.75) is 63.1 Å². The van der Waals surface area contributed by atoms with Gasteiger partial charge in [-0.05, 0) is 48.2 Å². The molecule has 6 rings (SSSR count). The fourth-order valence-corrected chi connectivity index (χ4v) is 5.79. The highest BCUT2D eigenvalue weighted by Gasteiger charge is 2.42. The molecule has 1 aliphatic carbocycles. The molecule has 4 aliphatic rings. The molecular weight excluding hydrogens is 440 g/mol. The Balaban J connectivity index is 1.10. The van der Waals surface area contributed by atoms with E-state index in [1.807, 2.05) is 29.2 Å². The number of ether oxygens (including phenoxy) is 3. The number of piperidine rings is 1. The highest BCUT2D eigenvalue weighted by atomic mass is 16.7. The lowest BCUT2D eigenvalue weighted by molar-refractivity contribution is -0.231. The molecule has 3 heterocycles. The van der Waals surface area contributed by atoms with Crippen LogP contribution in [0.1, 0.15) is 54.4 Å². The van der Waals surface area contributed by atoms with Crippen LogP contribution >= 0.6 is 0 Å². The Morgan fingerprint density at radius 3 is 2.51 bits per heavy atom. The molecule has 1 unspecified atom stereocenters. The van der Waals surface area contributed by atoms with Crippen LogP contribution < -0.4 is 4.74 Å². The van der Waals surface area contributed by atoms with E-state index in [0.717, 1.165) is 60.8 Å². The van der Waals surface area contributed by atoms with Gasteiger partial charge in [-0.15, -0.1) is 0 Å². The minimum Gasteiger partial charge on any atom is -0.497 e. The van der Waals surface area contributed by atoms with Crippen molar-refractivity contribution >= 4 is 5.91 Å². The monoisotopic (exact) mass is 474 g/mol. The fraction of sp³-hybridized carbons (Fsp3) is 0.483. The Bertz CT molecular complexity index is 1090. The molecule has 35 heavy (non-hydrogen) atoms. The number of amides is 1. The van der Waals surface area contributed by atoms with Crippen molar-refractivity contribution in [2.75, 3.05) is 26.2 Å². The Morgan fingerprint density at radius 1 is 1.03 bits per heavy atom. The molecule has 2 saturated heterocycles. The number of hydrogen-bond donors (Lipinski definition) is 0. The highest BCUT2D eigenvalue weighted by molar-refractivity contribution is 5.95. The third-order valence-corrected chi connectivity index (χ3v) is 8.18. The maximum absolute atomic E-state index is 12.9. The summed E-state index contributed by atoms with van der Waals surface area (Å²) in [6.07, 6.45) is 8.27. The van der Waals surface area contributed by atoms with Crippen LogP contribution in [0.2, 0.25) is 0 Å². The summed E-state index contributed by atoms with van der Waals surface area (Å²) < 4.78 is 18.2. The summed E-state index contributed by atoms with van der Waals surface area (Å²) >= 11 is 0. The van der Waals surface area contributed by atoms with Gasteiger partial charge in [-0.2, -0.15) is 0 Å². The highest BCUT2D eigenvalue weighted by Crippen LogP contribution is 2.40. The zero-order chi connectivity index (χ0) is 23.8. The van der Waals surface area contributed by atoms with Crippen molar-refractivity contribution in [2.24, 2.45) is 0 Å². The molecule has 1 spiro atoms. The van der Waals surface area contributed by atoms with E-state index in [1.54, 1.807) is 0 Å². The molecule has 1 saturated carbocycles. The first kappa shape index (κ1) is 22.6. The van der Waals surface area contributed by atoms with Gasteiger partial charge in [-0.3, -0.25) is 9.69 Å². The summed E-state index contributed by atoms with van der Waals surface area (Å²) in [5, 5.41) is 0. The van der Waals surface area contributed by atoms with Crippen molar-refractivity contribution in [1.82, 2.24) is 9.80 Å². The summed E-state index contributed by atoms with van der Waals surface area (Å²) in [5.74, 6) is 0.518. The molecule has 3 fully saturated rings. The third kappa shape index (κ3) is 4.45. The second-order valence-electron chi connectivity index (χ2n) is 10.3. The number of likely N-dealkylation sites (tertiary alicyclic amines) is 2. The first-order chi connectivity index (χ1) is 17.1. The standard InChI is InChI=1S/C29H34N2O4/c1-2-33-26-12-15-31(19-26)28(32)22-8-6-21(7-9-22)23-10-11-27-24(18-23)20-34-29(35-27)13-16-30(17-14-29)25-4-3-5-25/h2,6-11,18,25-26H,1,3-5,12-17,19-20H2. The number of benzene rings is 2. The topological polar surface area (TPSA) is 51.2 Å². The Morgan fingerprint density at radius 2 is 1.80 bits per heavy atom. The molecule has 184 valence electrons. The SMILES string of the molecule is C=COC1CCN(C(=O)c2ccc(-c3ccc4c(c3)COC3(CCN(C5CCC5)CC3)O4)cc2)C1. The Kier molecular flexibility index (Phi) is 6.02. The Labute approximate surface area is 207 Å². The van der Waals surface area contributed by atoms with Gasteiger partial charge in [0.05, 0.1) is 19.4 Å². The smallest absolute Gasteiger partial charge is 0.253 e. The normalized spacial score (nSPS) is 23.9. The van der Waals surface area contributed by atoms with Gasteiger partial charge in [-0.1, -0.05) is 31.2 Å². The quantitative estimate of drug-likeness (QED) is 0.572. The van der Waals surface area contributed by atoms with Crippen LogP contribution in [0.5, 0.6) is 5.75 Å². The Hall–Kier alpha value is -2.83. The molecule has 2 aromatic rings. The van der Waals surface area contributed by atoms with Crippen molar-refractivity contribution in [3.8, 4) is 16.9 Å². The second-order valence-corrected chi connectivity index (χ2v) is 10.3. The molecule has 3 aliphatic heterocycles. The molecule has 0 aromatic heterocycles. The van der Waals surface area contributed by atoms with E-state index in [0.29, 0.717) is 25.3 Å². The lowest BCUT2D eigenvalue weighted by atomic mass is 9.89. The lowest BCUT2D eigenvalue weighted by Gasteiger charge is -2.47. The molecule has 0 radical (unpaired) electrons. The van der Waals surface area contributed by atoms with Gasteiger partial charge in [0.1, 0.15) is 11.9 Å². The van der Waals surface area contributed by atoms with E-state index in [4.69, 9.17) is 14.2 Å². The molecule has 6 heteroatoms. The van der Waals surface area contributed by atoms with Crippen LogP contribution in [0, 0.1) is 0 Å². The van der Waals surface area contributed by atoms with Gasteiger partial charge in [-0.25, -0.2) is 0 Å². The van der Waals surface area contributed by atoms with Crippen LogP contribution in [0.4, 0.5) is 0 Å². The van der Waals surface area contributed by atoms with Crippen LogP contribution in [-0.2, 0) is 16.1 Å². The van der Waals surface area contributed by atoms with Crippen molar-refractivity contribution in [1.29, 1.82) is 0 Å². The zero-order valence-electron chi connectivity index (χ0n) is 20.3. The number of carbonyl (C=O) groups excluding carboxylic acids is 1. The fourth-order valence-electron chi connectivity index (χ4n) is 5.79. The van der Waals surface area contributed by atoms with Gasteiger partial charge in [0.2, 0.25) is 5.79 Å². The maximum Gasteiger partial charge on any atom is 0.253 e. The van der Waals surface area contributed by atoms with Crippen LogP contribution in [-0.4, -0.2) is 59.8 Å². The van der Waals surface area contributed by atoms with E-state index in [1.165, 1.54) is 25.5 Å². The predicted molar refractivity (Wildman–Crippen MR) is 134 cm³/mol. The first-order valence-electron chi connectivity index (χ1n) is 13.0. The average Bonchev–Trinajstić information content (AvgIpc) is 3.33. The van der Waals surface area contributed by atoms with Gasteiger partial charge >= 0.3 is 0 Å². The summed E-state index contributed by atoms with van der Waals surface area (Å²) in [6, 6.07) is 15.0. The zero-order valence-corrected chi connectivity index (χ0v) is 20.3. The third-order valence-electron chi connectivity index (χ3n) is 8.18. The van der Waals surface area contributed by atoms with Crippen molar-refractivity contribution < 1.29 is 19.0 Å². The number of nitrogens with zero attached hydrogens (tertiary/aromatic N) is 2. The number of rotatable bonds is 5. The molecule has 6 nitrogen and oxygen atoms in total. The average molecular weight is 475 g/mol. The molecule has 0 N–H and O–H groups in total. The number of hydrogen-bond acceptors (Lipinski definition) is 5. The van der Waals surface area contributed by atoms with Crippen molar-refractivity contribution in [3.05, 3.63) is 66.4 Å². The van der Waals surface area contributed by atoms with E-state index >= 15 is 0 Å². The van der Waals surface area contributed by atoms with Crippen LogP contribution in [0.15, 0.2) is 55.3 Å². The van der Waals surface area contributed by atoms with Crippen LogP contribution in [0.3, 0.4) is 0 Å². The lowest BCUT2D eigenvalue weighted by Crippen LogP contribution is -2.54. The van der Waals surface area contributed by atoms with E-state index < -0.39 is 5.79 Å². The first-order valence-corrected chi connectivity index (χ1v) is 13.0. The van der Waals surface area contributed by atoms with E-state index in [9.17, 15) is 4.79 Å². The summed E-state index contributed by atoms with van der Waals surface area (Å²) in [6.45, 7) is 7.62. The predicted octanol–water partition coefficient (Wildman–Crippen LogP) is 4.98. The number of fused-ring (bicyclic) bond motifs is 1. The molecular formula is C29H34N2O4. The summed E-state index contributed by atoms with van der Waals surface area (Å²) in [5.41, 5.74) is 3.96. The summed E-state index contributed by atoms with van der Waals surface area (Å²) in [4.78, 5) is 17.3. The van der Waals surface area contributed by atoms with Crippen LogP contribution in [0.25, 0.3) is 11.1 Å². The van der Waals surface area contributed by atoms with Gasteiger partial charge in [0, 0.05) is 56.1 Å². The second kappa shape index (κ2) is 9.32. The largest absolute Gasteiger partial charge is 0.497 e. The van der Waals surface area contributed by atoms with Gasteiger partial charge in [0.25, 0.3) is 5.91 Å². The number of carbonyl (C=O) groups is 1. The maximum atomic E-state index is 12.9. The van der Waals surface area contributed by atoms with Gasteiger partial charge in [0.15, 0.2) is 0 Å². The summed E-state index contributed by atoms with van der Waals surface area (Å²) in [7, 11) is 0. The molecule has 1 atom stereocenters.